The highest BCUT2D eigenvalue weighted by Gasteiger charge is 2.16. The van der Waals surface area contributed by atoms with Crippen LogP contribution in [0.15, 0.2) is 23.8 Å². The van der Waals surface area contributed by atoms with Crippen LogP contribution in [0.25, 0.3) is 5.57 Å². The smallest absolute Gasteiger partial charge is 0.146 e. The normalized spacial score (nSPS) is 15.3. The van der Waals surface area contributed by atoms with Crippen LogP contribution in [0.2, 0.25) is 0 Å². The summed E-state index contributed by atoms with van der Waals surface area (Å²) in [5, 5.41) is 0. The van der Waals surface area contributed by atoms with E-state index in [1.807, 2.05) is 6.92 Å². The third-order valence-electron chi connectivity index (χ3n) is 3.08. The van der Waals surface area contributed by atoms with E-state index in [1.54, 1.807) is 0 Å². The summed E-state index contributed by atoms with van der Waals surface area (Å²) in [7, 11) is 0. The summed E-state index contributed by atoms with van der Waals surface area (Å²) in [5.41, 5.74) is 6.13. The summed E-state index contributed by atoms with van der Waals surface area (Å²) in [4.78, 5) is 10.8. The van der Waals surface area contributed by atoms with E-state index < -0.39 is 0 Å². The molecule has 0 heterocycles. The second kappa shape index (κ2) is 3.41. The molecule has 0 atom stereocenters. The molecule has 1 aliphatic carbocycles. The molecule has 0 spiro atoms. The van der Waals surface area contributed by atoms with E-state index in [-0.39, 0.29) is 0 Å². The van der Waals surface area contributed by atoms with Crippen molar-refractivity contribution in [1.29, 1.82) is 0 Å². The summed E-state index contributed by atoms with van der Waals surface area (Å²) in [6.07, 6.45) is 2.90. The Morgan fingerprint density at radius 1 is 1.21 bits per heavy atom. The van der Waals surface area contributed by atoms with Crippen LogP contribution in [0, 0.1) is 6.92 Å². The molecule has 0 saturated heterocycles. The SMILES string of the molecule is CC1=C(C=O)CCc2c(C)cccc21. The third kappa shape index (κ3) is 1.29. The molecule has 0 saturated carbocycles. The Balaban J connectivity index is 2.63. The molecule has 14 heavy (non-hydrogen) atoms. The van der Waals surface area contributed by atoms with Crippen LogP contribution in [0.3, 0.4) is 0 Å². The minimum atomic E-state index is 0.896. The number of rotatable bonds is 1. The fraction of sp³-hybridized carbons (Fsp3) is 0.308. The summed E-state index contributed by atoms with van der Waals surface area (Å²) in [6, 6.07) is 6.31. The Hall–Kier alpha value is -1.37. The van der Waals surface area contributed by atoms with Gasteiger partial charge in [0, 0.05) is 0 Å². The average molecular weight is 186 g/mol. The van der Waals surface area contributed by atoms with E-state index in [9.17, 15) is 4.79 Å². The summed E-state index contributed by atoms with van der Waals surface area (Å²) >= 11 is 0. The first-order valence-electron chi connectivity index (χ1n) is 4.98. The average Bonchev–Trinajstić information content (AvgIpc) is 2.20. The summed E-state index contributed by atoms with van der Waals surface area (Å²) in [5.74, 6) is 0. The first-order chi connectivity index (χ1) is 6.74. The first kappa shape index (κ1) is 9.20. The quantitative estimate of drug-likeness (QED) is 0.616. The molecular weight excluding hydrogens is 172 g/mol. The lowest BCUT2D eigenvalue weighted by molar-refractivity contribution is -0.105. The number of aryl methyl sites for hydroxylation is 1. The highest BCUT2D eigenvalue weighted by molar-refractivity contribution is 5.89. The molecule has 0 amide bonds. The van der Waals surface area contributed by atoms with Gasteiger partial charge in [0.15, 0.2) is 0 Å². The molecule has 72 valence electrons. The van der Waals surface area contributed by atoms with Crippen LogP contribution in [-0.4, -0.2) is 6.29 Å². The standard InChI is InChI=1S/C13H14O/c1-9-4-3-5-13-10(2)11(8-14)6-7-12(9)13/h3-5,8H,6-7H2,1-2H3. The van der Waals surface area contributed by atoms with Crippen molar-refractivity contribution in [3.8, 4) is 0 Å². The van der Waals surface area contributed by atoms with Crippen molar-refractivity contribution < 1.29 is 4.79 Å². The number of benzene rings is 1. The lowest BCUT2D eigenvalue weighted by Gasteiger charge is -2.20. The number of aldehydes is 1. The highest BCUT2D eigenvalue weighted by Crippen LogP contribution is 2.31. The number of carbonyl (C=O) groups is 1. The lowest BCUT2D eigenvalue weighted by atomic mass is 9.85. The molecule has 1 aromatic rings. The Labute approximate surface area is 84.5 Å². The van der Waals surface area contributed by atoms with Crippen molar-refractivity contribution in [2.45, 2.75) is 26.7 Å². The van der Waals surface area contributed by atoms with Crippen molar-refractivity contribution in [3.05, 3.63) is 40.5 Å². The predicted molar refractivity (Wildman–Crippen MR) is 58.2 cm³/mol. The van der Waals surface area contributed by atoms with Crippen LogP contribution in [-0.2, 0) is 11.2 Å². The van der Waals surface area contributed by atoms with E-state index in [2.05, 4.69) is 25.1 Å². The number of carbonyl (C=O) groups excluding carboxylic acids is 1. The Bertz CT molecular complexity index is 413. The maximum absolute atomic E-state index is 10.8. The minimum absolute atomic E-state index is 0.896. The monoisotopic (exact) mass is 186 g/mol. The molecule has 1 aliphatic rings. The van der Waals surface area contributed by atoms with E-state index in [4.69, 9.17) is 0 Å². The molecule has 0 aromatic heterocycles. The van der Waals surface area contributed by atoms with Gasteiger partial charge >= 0.3 is 0 Å². The number of hydrogen-bond donors (Lipinski definition) is 0. The Morgan fingerprint density at radius 3 is 2.71 bits per heavy atom. The van der Waals surface area contributed by atoms with E-state index >= 15 is 0 Å². The zero-order chi connectivity index (χ0) is 10.1. The van der Waals surface area contributed by atoms with E-state index in [1.165, 1.54) is 16.7 Å². The van der Waals surface area contributed by atoms with Gasteiger partial charge in [0.25, 0.3) is 0 Å². The molecule has 0 fully saturated rings. The van der Waals surface area contributed by atoms with Gasteiger partial charge in [-0.15, -0.1) is 0 Å². The van der Waals surface area contributed by atoms with Gasteiger partial charge < -0.3 is 0 Å². The lowest BCUT2D eigenvalue weighted by Crippen LogP contribution is -2.05. The first-order valence-corrected chi connectivity index (χ1v) is 4.98. The molecule has 0 unspecified atom stereocenters. The van der Waals surface area contributed by atoms with Crippen LogP contribution in [0.5, 0.6) is 0 Å². The molecule has 0 bridgehead atoms. The maximum Gasteiger partial charge on any atom is 0.146 e. The number of fused-ring (bicyclic) bond motifs is 1. The van der Waals surface area contributed by atoms with E-state index in [0.29, 0.717) is 0 Å². The van der Waals surface area contributed by atoms with Crippen molar-refractivity contribution in [3.63, 3.8) is 0 Å². The van der Waals surface area contributed by atoms with Crippen LogP contribution in [0.1, 0.15) is 30.0 Å². The van der Waals surface area contributed by atoms with Gasteiger partial charge in [-0.25, -0.2) is 0 Å². The number of hydrogen-bond acceptors (Lipinski definition) is 1. The van der Waals surface area contributed by atoms with Gasteiger partial charge in [-0.1, -0.05) is 18.2 Å². The van der Waals surface area contributed by atoms with Crippen molar-refractivity contribution in [1.82, 2.24) is 0 Å². The van der Waals surface area contributed by atoms with Crippen LogP contribution >= 0.6 is 0 Å². The van der Waals surface area contributed by atoms with Gasteiger partial charge in [0.1, 0.15) is 6.29 Å². The molecule has 2 rings (SSSR count). The summed E-state index contributed by atoms with van der Waals surface area (Å²) in [6.45, 7) is 4.18. The second-order valence-corrected chi connectivity index (χ2v) is 3.87. The number of allylic oxidation sites excluding steroid dienone is 2. The maximum atomic E-state index is 10.8. The van der Waals surface area contributed by atoms with Gasteiger partial charge in [-0.05, 0) is 54.5 Å². The topological polar surface area (TPSA) is 17.1 Å². The zero-order valence-corrected chi connectivity index (χ0v) is 8.63. The summed E-state index contributed by atoms with van der Waals surface area (Å²) < 4.78 is 0. The van der Waals surface area contributed by atoms with Gasteiger partial charge in [0.2, 0.25) is 0 Å². The molecule has 0 radical (unpaired) electrons. The Morgan fingerprint density at radius 2 is 2.00 bits per heavy atom. The fourth-order valence-corrected chi connectivity index (χ4v) is 2.15. The van der Waals surface area contributed by atoms with Crippen LogP contribution < -0.4 is 0 Å². The predicted octanol–water partition coefficient (Wildman–Crippen LogP) is 2.91. The molecule has 1 nitrogen and oxygen atoms in total. The van der Waals surface area contributed by atoms with Crippen molar-refractivity contribution in [2.24, 2.45) is 0 Å². The molecule has 1 heteroatoms. The zero-order valence-electron chi connectivity index (χ0n) is 8.63. The van der Waals surface area contributed by atoms with Gasteiger partial charge in [-0.3, -0.25) is 4.79 Å². The Kier molecular flexibility index (Phi) is 2.24. The van der Waals surface area contributed by atoms with E-state index in [0.717, 1.165) is 30.3 Å². The highest BCUT2D eigenvalue weighted by atomic mass is 16.1. The second-order valence-electron chi connectivity index (χ2n) is 3.87. The molecule has 0 N–H and O–H groups in total. The molecule has 1 aromatic carbocycles. The fourth-order valence-electron chi connectivity index (χ4n) is 2.15. The largest absolute Gasteiger partial charge is 0.298 e. The van der Waals surface area contributed by atoms with Gasteiger partial charge in [-0.2, -0.15) is 0 Å². The van der Waals surface area contributed by atoms with Gasteiger partial charge in [0.05, 0.1) is 0 Å². The van der Waals surface area contributed by atoms with Crippen molar-refractivity contribution >= 4 is 11.9 Å². The molecule has 0 aliphatic heterocycles. The molecular formula is C13H14O. The van der Waals surface area contributed by atoms with Crippen LogP contribution in [0.4, 0.5) is 0 Å². The van der Waals surface area contributed by atoms with Crippen molar-refractivity contribution in [2.75, 3.05) is 0 Å². The third-order valence-corrected chi connectivity index (χ3v) is 3.08. The minimum Gasteiger partial charge on any atom is -0.298 e.